The van der Waals surface area contributed by atoms with Gasteiger partial charge in [0.15, 0.2) is 0 Å². The highest BCUT2D eigenvalue weighted by molar-refractivity contribution is 7.89. The molecule has 0 bridgehead atoms. The number of hydrogen-bond donors (Lipinski definition) is 1. The van der Waals surface area contributed by atoms with Crippen molar-refractivity contribution in [1.82, 2.24) is 14.1 Å². The maximum absolute atomic E-state index is 13.6. The molecule has 190 valence electrons. The van der Waals surface area contributed by atoms with E-state index in [0.29, 0.717) is 16.1 Å². The maximum Gasteiger partial charge on any atom is 0.257 e. The lowest BCUT2D eigenvalue weighted by molar-refractivity contribution is 0.0724. The van der Waals surface area contributed by atoms with E-state index >= 15 is 0 Å². The highest BCUT2D eigenvalue weighted by Crippen LogP contribution is 2.38. The van der Waals surface area contributed by atoms with Gasteiger partial charge in [0, 0.05) is 50.7 Å². The van der Waals surface area contributed by atoms with Crippen molar-refractivity contribution in [2.24, 2.45) is 0 Å². The first-order chi connectivity index (χ1) is 16.7. The Balaban J connectivity index is 1.62. The molecule has 1 N–H and O–H groups in total. The third-order valence-corrected chi connectivity index (χ3v) is 9.62. The maximum atomic E-state index is 13.6. The topological polar surface area (TPSA) is 90.0 Å². The number of nitrogens with one attached hydrogen (secondary N) is 1. The zero-order chi connectivity index (χ0) is 25.2. The van der Waals surface area contributed by atoms with E-state index in [1.54, 1.807) is 0 Å². The lowest BCUT2D eigenvalue weighted by Gasteiger charge is -2.29. The Morgan fingerprint density at radius 1 is 1.06 bits per heavy atom. The number of piperidine rings is 1. The van der Waals surface area contributed by atoms with Gasteiger partial charge in [-0.05, 0) is 68.5 Å². The van der Waals surface area contributed by atoms with E-state index in [1.165, 1.54) is 49.7 Å². The zero-order valence-electron chi connectivity index (χ0n) is 20.7. The van der Waals surface area contributed by atoms with E-state index in [1.807, 2.05) is 4.90 Å². The van der Waals surface area contributed by atoms with Crippen molar-refractivity contribution in [3.63, 3.8) is 0 Å². The van der Waals surface area contributed by atoms with Crippen LogP contribution in [0.25, 0.3) is 0 Å². The molecule has 2 aliphatic rings. The Hall–Kier alpha value is -2.27. The highest BCUT2D eigenvalue weighted by Gasteiger charge is 2.31. The first-order valence-corrected chi connectivity index (χ1v) is 14.5. The van der Waals surface area contributed by atoms with Crippen molar-refractivity contribution < 1.29 is 18.0 Å². The molecular formula is C25H34N4O4S2. The average Bonchev–Trinajstić information content (AvgIpc) is 3.21. The normalized spacial score (nSPS) is 16.9. The Morgan fingerprint density at radius 3 is 2.37 bits per heavy atom. The Bertz CT molecular complexity index is 1180. The van der Waals surface area contributed by atoms with Gasteiger partial charge in [0.25, 0.3) is 11.8 Å². The molecule has 4 rings (SSSR count). The van der Waals surface area contributed by atoms with Crippen molar-refractivity contribution >= 4 is 38.2 Å². The Kier molecular flexibility index (Phi) is 7.95. The van der Waals surface area contributed by atoms with E-state index < -0.39 is 10.0 Å². The molecule has 0 spiro atoms. The predicted octanol–water partition coefficient (Wildman–Crippen LogP) is 3.64. The number of amides is 2. The minimum absolute atomic E-state index is 0.00821. The van der Waals surface area contributed by atoms with Crippen LogP contribution in [0.3, 0.4) is 0 Å². The number of likely N-dealkylation sites (tertiary alicyclic amines) is 1. The van der Waals surface area contributed by atoms with Crippen LogP contribution in [-0.2, 0) is 23.0 Å². The van der Waals surface area contributed by atoms with Crippen LogP contribution in [-0.4, -0.2) is 74.6 Å². The summed E-state index contributed by atoms with van der Waals surface area (Å²) in [6.45, 7) is 6.38. The second-order valence-corrected chi connectivity index (χ2v) is 12.6. The summed E-state index contributed by atoms with van der Waals surface area (Å²) < 4.78 is 25.8. The second kappa shape index (κ2) is 10.8. The molecular weight excluding hydrogens is 484 g/mol. The molecule has 0 unspecified atom stereocenters. The smallest absolute Gasteiger partial charge is 0.257 e. The monoisotopic (exact) mass is 518 g/mol. The van der Waals surface area contributed by atoms with E-state index in [0.717, 1.165) is 79.6 Å². The van der Waals surface area contributed by atoms with Crippen LogP contribution in [0.1, 0.15) is 63.8 Å². The third kappa shape index (κ3) is 5.45. The summed E-state index contributed by atoms with van der Waals surface area (Å²) >= 11 is 1.49. The molecule has 0 aliphatic carbocycles. The van der Waals surface area contributed by atoms with Crippen molar-refractivity contribution in [2.75, 3.05) is 45.6 Å². The highest BCUT2D eigenvalue weighted by atomic mass is 32.2. The summed E-state index contributed by atoms with van der Waals surface area (Å²) in [5, 5.41) is 3.58. The number of anilines is 1. The second-order valence-electron chi connectivity index (χ2n) is 9.35. The number of carbonyl (C=O) groups is 2. The molecule has 35 heavy (non-hydrogen) atoms. The van der Waals surface area contributed by atoms with Gasteiger partial charge in [0.2, 0.25) is 10.0 Å². The number of rotatable bonds is 7. The van der Waals surface area contributed by atoms with Crippen LogP contribution in [0.15, 0.2) is 29.2 Å². The van der Waals surface area contributed by atoms with Gasteiger partial charge in [0.1, 0.15) is 5.00 Å². The molecule has 1 aromatic heterocycles. The van der Waals surface area contributed by atoms with E-state index in [4.69, 9.17) is 0 Å². The fourth-order valence-electron chi connectivity index (χ4n) is 4.70. The number of nitrogens with zero attached hydrogens (tertiary/aromatic N) is 3. The molecule has 2 amide bonds. The number of carbonyl (C=O) groups excluding carboxylic acids is 2. The number of hydrogen-bond acceptors (Lipinski definition) is 6. The quantitative estimate of drug-likeness (QED) is 0.604. The number of sulfonamides is 1. The first-order valence-electron chi connectivity index (χ1n) is 12.2. The summed E-state index contributed by atoms with van der Waals surface area (Å²) in [5.74, 6) is -0.343. The summed E-state index contributed by atoms with van der Waals surface area (Å²) in [6.07, 6.45) is 5.02. The molecule has 8 nitrogen and oxygen atoms in total. The SMILES string of the molecule is CCCN1CCc2c(sc(NC(=O)c3ccc(S(=O)(=O)N(C)C)cc3)c2C(=O)N2CCCCC2)C1. The van der Waals surface area contributed by atoms with E-state index in [2.05, 4.69) is 17.1 Å². The average molecular weight is 519 g/mol. The fourth-order valence-corrected chi connectivity index (χ4v) is 6.88. The Labute approximate surface area is 212 Å². The first kappa shape index (κ1) is 25.8. The molecule has 10 heteroatoms. The van der Waals surface area contributed by atoms with Crippen LogP contribution in [0.2, 0.25) is 0 Å². The summed E-state index contributed by atoms with van der Waals surface area (Å²) in [7, 11) is -0.633. The van der Waals surface area contributed by atoms with Crippen molar-refractivity contribution in [1.29, 1.82) is 0 Å². The molecule has 0 radical (unpaired) electrons. The number of fused-ring (bicyclic) bond motifs is 1. The summed E-state index contributed by atoms with van der Waals surface area (Å²) in [5.41, 5.74) is 2.06. The lowest BCUT2D eigenvalue weighted by Crippen LogP contribution is -2.37. The molecule has 1 fully saturated rings. The molecule has 1 saturated heterocycles. The van der Waals surface area contributed by atoms with Gasteiger partial charge >= 0.3 is 0 Å². The van der Waals surface area contributed by atoms with Gasteiger partial charge in [-0.3, -0.25) is 14.5 Å². The van der Waals surface area contributed by atoms with Crippen molar-refractivity contribution in [3.05, 3.63) is 45.8 Å². The summed E-state index contributed by atoms with van der Waals surface area (Å²) in [6, 6.07) is 5.89. The molecule has 0 saturated carbocycles. The molecule has 2 aliphatic heterocycles. The van der Waals surface area contributed by atoms with Gasteiger partial charge in [-0.2, -0.15) is 0 Å². The van der Waals surface area contributed by atoms with Gasteiger partial charge in [-0.15, -0.1) is 11.3 Å². The molecule has 2 aromatic rings. The molecule has 1 aromatic carbocycles. The van der Waals surface area contributed by atoms with Crippen LogP contribution < -0.4 is 5.32 Å². The van der Waals surface area contributed by atoms with E-state index in [9.17, 15) is 18.0 Å². The van der Waals surface area contributed by atoms with Crippen LogP contribution in [0.5, 0.6) is 0 Å². The van der Waals surface area contributed by atoms with Crippen LogP contribution >= 0.6 is 11.3 Å². The van der Waals surface area contributed by atoms with Gasteiger partial charge < -0.3 is 10.2 Å². The van der Waals surface area contributed by atoms with Gasteiger partial charge in [-0.1, -0.05) is 6.92 Å². The van der Waals surface area contributed by atoms with Crippen molar-refractivity contribution in [2.45, 2.75) is 50.5 Å². The van der Waals surface area contributed by atoms with Gasteiger partial charge in [0.05, 0.1) is 10.5 Å². The van der Waals surface area contributed by atoms with E-state index in [-0.39, 0.29) is 16.7 Å². The third-order valence-electron chi connectivity index (χ3n) is 6.66. The minimum atomic E-state index is -3.57. The van der Waals surface area contributed by atoms with Crippen LogP contribution in [0, 0.1) is 0 Å². The van der Waals surface area contributed by atoms with Crippen LogP contribution in [0.4, 0.5) is 5.00 Å². The minimum Gasteiger partial charge on any atom is -0.339 e. The summed E-state index contributed by atoms with van der Waals surface area (Å²) in [4.78, 5) is 32.3. The fraction of sp³-hybridized carbons (Fsp3) is 0.520. The standard InChI is InChI=1S/C25H34N4O4S2/c1-4-13-28-16-12-20-21(17-28)34-24(22(20)25(31)29-14-6-5-7-15-29)26-23(30)18-8-10-19(11-9-18)35(32,33)27(2)3/h8-11H,4-7,12-17H2,1-3H3,(H,26,30). The van der Waals surface area contributed by atoms with Crippen molar-refractivity contribution in [3.8, 4) is 0 Å². The number of benzene rings is 1. The van der Waals surface area contributed by atoms with Gasteiger partial charge in [-0.25, -0.2) is 12.7 Å². The largest absolute Gasteiger partial charge is 0.339 e. The lowest BCUT2D eigenvalue weighted by atomic mass is 10.0. The number of thiophene rings is 1. The predicted molar refractivity (Wildman–Crippen MR) is 139 cm³/mol. The zero-order valence-corrected chi connectivity index (χ0v) is 22.3. The molecule has 3 heterocycles. The molecule has 0 atom stereocenters. The Morgan fingerprint density at radius 2 is 1.74 bits per heavy atom.